The van der Waals surface area contributed by atoms with Crippen molar-refractivity contribution in [2.75, 3.05) is 7.11 Å². The normalized spacial score (nSPS) is 13.9. The molecule has 2 aromatic carbocycles. The van der Waals surface area contributed by atoms with Crippen LogP contribution in [0.1, 0.15) is 34.3 Å². The van der Waals surface area contributed by atoms with Gasteiger partial charge in [-0.05, 0) is 55.2 Å². The molecule has 2 N–H and O–H groups in total. The summed E-state index contributed by atoms with van der Waals surface area (Å²) in [6, 6.07) is 8.71. The third kappa shape index (κ3) is 5.45. The number of halogens is 2. The lowest BCUT2D eigenvalue weighted by Crippen LogP contribution is -2.27. The second kappa shape index (κ2) is 8.97. The Morgan fingerprint density at radius 3 is 2.53 bits per heavy atom. The van der Waals surface area contributed by atoms with Crippen molar-refractivity contribution < 1.29 is 31.5 Å². The van der Waals surface area contributed by atoms with E-state index in [0.29, 0.717) is 11.1 Å². The Labute approximate surface area is 173 Å². The Morgan fingerprint density at radius 1 is 1.17 bits per heavy atom. The van der Waals surface area contributed by atoms with Crippen molar-refractivity contribution in [1.82, 2.24) is 10.0 Å². The van der Waals surface area contributed by atoms with Crippen LogP contribution in [-0.4, -0.2) is 34.1 Å². The third-order valence-electron chi connectivity index (χ3n) is 4.56. The summed E-state index contributed by atoms with van der Waals surface area (Å²) in [5, 5.41) is 2.67. The number of ether oxygens (including phenoxy) is 2. The molecule has 3 rings (SSSR count). The number of methoxy groups -OCH3 is 1. The van der Waals surface area contributed by atoms with Crippen LogP contribution in [0.5, 0.6) is 11.5 Å². The molecule has 0 atom stereocenters. The molecular weight excluding hydrogens is 418 g/mol. The van der Waals surface area contributed by atoms with Crippen LogP contribution >= 0.6 is 0 Å². The van der Waals surface area contributed by atoms with Crippen LogP contribution in [0.4, 0.5) is 8.78 Å². The van der Waals surface area contributed by atoms with Gasteiger partial charge in [0.15, 0.2) is 11.5 Å². The SMILES string of the molecule is COc1ccc(CNC(=O)c2cc(S(=O)(=O)NC3CC3)ccc2C)cc1OC(F)F. The summed E-state index contributed by atoms with van der Waals surface area (Å²) in [4.78, 5) is 12.7. The van der Waals surface area contributed by atoms with E-state index >= 15 is 0 Å². The number of benzene rings is 2. The average Bonchev–Trinajstić information content (AvgIpc) is 3.49. The average molecular weight is 440 g/mol. The number of carbonyl (C=O) groups is 1. The van der Waals surface area contributed by atoms with Gasteiger partial charge in [-0.15, -0.1) is 0 Å². The molecule has 0 unspecified atom stereocenters. The van der Waals surface area contributed by atoms with Gasteiger partial charge in [0.25, 0.3) is 5.91 Å². The van der Waals surface area contributed by atoms with Crippen LogP contribution < -0.4 is 19.5 Å². The van der Waals surface area contributed by atoms with Gasteiger partial charge in [0.2, 0.25) is 10.0 Å². The monoisotopic (exact) mass is 440 g/mol. The van der Waals surface area contributed by atoms with Crippen molar-refractivity contribution in [2.24, 2.45) is 0 Å². The number of carbonyl (C=O) groups excluding carboxylic acids is 1. The maximum absolute atomic E-state index is 12.6. The summed E-state index contributed by atoms with van der Waals surface area (Å²) in [5.74, 6) is -0.486. The number of hydrogen-bond donors (Lipinski definition) is 2. The molecule has 0 heterocycles. The van der Waals surface area contributed by atoms with Crippen molar-refractivity contribution >= 4 is 15.9 Å². The molecule has 10 heteroatoms. The van der Waals surface area contributed by atoms with Gasteiger partial charge in [-0.25, -0.2) is 13.1 Å². The van der Waals surface area contributed by atoms with Gasteiger partial charge in [0, 0.05) is 18.2 Å². The number of rotatable bonds is 9. The smallest absolute Gasteiger partial charge is 0.387 e. The molecule has 0 radical (unpaired) electrons. The lowest BCUT2D eigenvalue weighted by Gasteiger charge is -2.13. The van der Waals surface area contributed by atoms with E-state index in [9.17, 15) is 22.0 Å². The van der Waals surface area contributed by atoms with Crippen LogP contribution in [0, 0.1) is 6.92 Å². The number of nitrogens with one attached hydrogen (secondary N) is 2. The molecule has 162 valence electrons. The van der Waals surface area contributed by atoms with Crippen LogP contribution in [0.2, 0.25) is 0 Å². The third-order valence-corrected chi connectivity index (χ3v) is 6.08. The first-order valence-electron chi connectivity index (χ1n) is 9.22. The molecule has 2 aromatic rings. The second-order valence-corrected chi connectivity index (χ2v) is 8.63. The predicted octanol–water partition coefficient (Wildman–Crippen LogP) is 2.98. The maximum atomic E-state index is 12.6. The minimum Gasteiger partial charge on any atom is -0.493 e. The van der Waals surface area contributed by atoms with E-state index in [2.05, 4.69) is 14.8 Å². The fraction of sp³-hybridized carbons (Fsp3) is 0.350. The van der Waals surface area contributed by atoms with E-state index in [1.807, 2.05) is 0 Å². The second-order valence-electron chi connectivity index (χ2n) is 6.92. The van der Waals surface area contributed by atoms with E-state index in [1.54, 1.807) is 19.1 Å². The molecule has 1 amide bonds. The summed E-state index contributed by atoms with van der Waals surface area (Å²) in [6.07, 6.45) is 1.61. The van der Waals surface area contributed by atoms with E-state index in [1.165, 1.54) is 31.4 Å². The first-order valence-corrected chi connectivity index (χ1v) is 10.7. The summed E-state index contributed by atoms with van der Waals surface area (Å²) < 4.78 is 61.9. The highest BCUT2D eigenvalue weighted by Crippen LogP contribution is 2.29. The van der Waals surface area contributed by atoms with Crippen molar-refractivity contribution in [3.63, 3.8) is 0 Å². The highest BCUT2D eigenvalue weighted by molar-refractivity contribution is 7.89. The molecule has 0 aromatic heterocycles. The molecule has 1 fully saturated rings. The Hall–Kier alpha value is -2.72. The van der Waals surface area contributed by atoms with E-state index in [-0.39, 0.29) is 34.5 Å². The van der Waals surface area contributed by atoms with Gasteiger partial charge < -0.3 is 14.8 Å². The molecule has 1 saturated carbocycles. The quantitative estimate of drug-likeness (QED) is 0.625. The number of amides is 1. The zero-order chi connectivity index (χ0) is 21.9. The predicted molar refractivity (Wildman–Crippen MR) is 105 cm³/mol. The first-order chi connectivity index (χ1) is 14.2. The van der Waals surface area contributed by atoms with Crippen molar-refractivity contribution in [1.29, 1.82) is 0 Å². The molecular formula is C20H22F2N2O5S. The molecule has 0 spiro atoms. The summed E-state index contributed by atoms with van der Waals surface area (Å²) in [5.41, 5.74) is 1.33. The van der Waals surface area contributed by atoms with E-state index in [0.717, 1.165) is 12.8 Å². The first kappa shape index (κ1) is 22.0. The fourth-order valence-electron chi connectivity index (χ4n) is 2.80. The lowest BCUT2D eigenvalue weighted by molar-refractivity contribution is -0.0512. The molecule has 1 aliphatic rings. The largest absolute Gasteiger partial charge is 0.493 e. The molecule has 7 nitrogen and oxygen atoms in total. The standard InChI is InChI=1S/C20H22F2N2O5S/c1-12-3-7-15(30(26,27)24-14-5-6-14)10-16(12)19(25)23-11-13-4-8-17(28-2)18(9-13)29-20(21)22/h3-4,7-10,14,20,24H,5-6,11H2,1-2H3,(H,23,25). The van der Waals surface area contributed by atoms with Gasteiger partial charge in [-0.3, -0.25) is 4.79 Å². The highest BCUT2D eigenvalue weighted by atomic mass is 32.2. The number of hydrogen-bond acceptors (Lipinski definition) is 5. The van der Waals surface area contributed by atoms with Gasteiger partial charge in [-0.1, -0.05) is 12.1 Å². The Kier molecular flexibility index (Phi) is 6.57. The summed E-state index contributed by atoms with van der Waals surface area (Å²) in [6.45, 7) is -1.29. The summed E-state index contributed by atoms with van der Waals surface area (Å²) >= 11 is 0. The van der Waals surface area contributed by atoms with Gasteiger partial charge in [-0.2, -0.15) is 8.78 Å². The van der Waals surface area contributed by atoms with Crippen molar-refractivity contribution in [3.05, 3.63) is 53.1 Å². The topological polar surface area (TPSA) is 93.7 Å². The van der Waals surface area contributed by atoms with E-state index in [4.69, 9.17) is 4.74 Å². The van der Waals surface area contributed by atoms with Gasteiger partial charge in [0.05, 0.1) is 12.0 Å². The van der Waals surface area contributed by atoms with Crippen LogP contribution in [0.15, 0.2) is 41.3 Å². The fourth-order valence-corrected chi connectivity index (χ4v) is 4.13. The lowest BCUT2D eigenvalue weighted by atomic mass is 10.1. The number of alkyl halides is 2. The molecule has 0 aliphatic heterocycles. The maximum Gasteiger partial charge on any atom is 0.387 e. The number of sulfonamides is 1. The van der Waals surface area contributed by atoms with Crippen LogP contribution in [0.3, 0.4) is 0 Å². The molecule has 0 saturated heterocycles. The van der Waals surface area contributed by atoms with E-state index < -0.39 is 22.5 Å². The van der Waals surface area contributed by atoms with Gasteiger partial charge >= 0.3 is 6.61 Å². The summed E-state index contributed by atoms with van der Waals surface area (Å²) in [7, 11) is -2.36. The molecule has 30 heavy (non-hydrogen) atoms. The zero-order valence-electron chi connectivity index (χ0n) is 16.4. The number of aryl methyl sites for hydroxylation is 1. The highest BCUT2D eigenvalue weighted by Gasteiger charge is 2.28. The zero-order valence-corrected chi connectivity index (χ0v) is 17.3. The van der Waals surface area contributed by atoms with Crippen LogP contribution in [0.25, 0.3) is 0 Å². The van der Waals surface area contributed by atoms with Crippen molar-refractivity contribution in [3.8, 4) is 11.5 Å². The van der Waals surface area contributed by atoms with Crippen molar-refractivity contribution in [2.45, 2.75) is 43.9 Å². The minimum atomic E-state index is -3.69. The minimum absolute atomic E-state index is 0.0159. The van der Waals surface area contributed by atoms with Crippen LogP contribution in [-0.2, 0) is 16.6 Å². The molecule has 1 aliphatic carbocycles. The van der Waals surface area contributed by atoms with Gasteiger partial charge in [0.1, 0.15) is 0 Å². The Balaban J connectivity index is 1.74. The molecule has 0 bridgehead atoms. The Morgan fingerprint density at radius 2 is 1.90 bits per heavy atom. The Bertz CT molecular complexity index is 1040.